The lowest BCUT2D eigenvalue weighted by atomic mass is 10.1. The van der Waals surface area contributed by atoms with E-state index in [4.69, 9.17) is 5.73 Å². The van der Waals surface area contributed by atoms with Crippen LogP contribution in [0, 0.1) is 0 Å². The molecule has 10 heteroatoms. The van der Waals surface area contributed by atoms with Crippen LogP contribution in [-0.4, -0.2) is 20.0 Å². The van der Waals surface area contributed by atoms with Gasteiger partial charge in [0.15, 0.2) is 0 Å². The van der Waals surface area contributed by atoms with Crippen LogP contribution in [0.3, 0.4) is 0 Å². The molecule has 20 heavy (non-hydrogen) atoms. The van der Waals surface area contributed by atoms with Crippen LogP contribution in [0.5, 0.6) is 0 Å². The lowest BCUT2D eigenvalue weighted by Gasteiger charge is -2.14. The van der Waals surface area contributed by atoms with E-state index in [1.807, 2.05) is 0 Å². The van der Waals surface area contributed by atoms with E-state index in [2.05, 4.69) is 21.7 Å². The number of hydrogen-bond donors (Lipinski definition) is 3. The molecular formula is C10H12F3N3O2S2. The second kappa shape index (κ2) is 5.94. The van der Waals surface area contributed by atoms with E-state index < -0.39 is 21.9 Å². The lowest BCUT2D eigenvalue weighted by molar-refractivity contribution is -0.137. The first-order valence-electron chi connectivity index (χ1n) is 5.35. The summed E-state index contributed by atoms with van der Waals surface area (Å²) in [5.74, 6) is 0. The largest absolute Gasteiger partial charge is 0.416 e. The average molecular weight is 327 g/mol. The van der Waals surface area contributed by atoms with Crippen molar-refractivity contribution in [1.29, 1.82) is 0 Å². The Morgan fingerprint density at radius 2 is 2.00 bits per heavy atom. The molecule has 0 unspecified atom stereocenters. The summed E-state index contributed by atoms with van der Waals surface area (Å²) in [4.78, 5) is -0.342. The predicted octanol–water partition coefficient (Wildman–Crippen LogP) is 1.61. The first kappa shape index (κ1) is 16.7. The van der Waals surface area contributed by atoms with E-state index >= 15 is 0 Å². The van der Waals surface area contributed by atoms with Crippen LogP contribution >= 0.6 is 12.2 Å². The Balaban J connectivity index is 3.25. The molecule has 0 fully saturated rings. The van der Waals surface area contributed by atoms with Crippen molar-refractivity contribution in [3.05, 3.63) is 29.3 Å². The van der Waals surface area contributed by atoms with Crippen LogP contribution in [0.2, 0.25) is 0 Å². The van der Waals surface area contributed by atoms with Gasteiger partial charge in [-0.05, 0) is 18.2 Å². The van der Waals surface area contributed by atoms with Crippen molar-refractivity contribution in [3.8, 4) is 0 Å². The van der Waals surface area contributed by atoms with Crippen LogP contribution < -0.4 is 15.2 Å². The molecule has 0 bridgehead atoms. The first-order chi connectivity index (χ1) is 9.07. The third kappa shape index (κ3) is 4.32. The molecule has 4 N–H and O–H groups in total. The molecule has 0 aliphatic carbocycles. The van der Waals surface area contributed by atoms with Crippen LogP contribution in [0.25, 0.3) is 0 Å². The Labute approximate surface area is 119 Å². The van der Waals surface area contributed by atoms with Gasteiger partial charge in [-0.3, -0.25) is 4.72 Å². The molecule has 0 spiro atoms. The second-order valence-corrected chi connectivity index (χ2v) is 5.67. The minimum absolute atomic E-state index is 0.119. The maximum Gasteiger partial charge on any atom is 0.416 e. The molecule has 0 atom stereocenters. The molecule has 0 aromatic heterocycles. The van der Waals surface area contributed by atoms with Crippen molar-refractivity contribution in [2.75, 3.05) is 11.3 Å². The van der Waals surface area contributed by atoms with Gasteiger partial charge in [-0.2, -0.15) is 26.3 Å². The lowest BCUT2D eigenvalue weighted by Crippen LogP contribution is -2.30. The Morgan fingerprint density at radius 1 is 1.40 bits per heavy atom. The molecule has 0 radical (unpaired) electrons. The molecule has 1 rings (SSSR count). The Bertz CT molecular complexity index is 615. The third-order valence-corrected chi connectivity index (χ3v) is 3.57. The monoisotopic (exact) mass is 327 g/mol. The van der Waals surface area contributed by atoms with E-state index in [0.29, 0.717) is 6.07 Å². The number of halogens is 3. The van der Waals surface area contributed by atoms with Crippen molar-refractivity contribution >= 4 is 33.1 Å². The highest BCUT2D eigenvalue weighted by molar-refractivity contribution is 7.90. The van der Waals surface area contributed by atoms with Crippen LogP contribution in [0.1, 0.15) is 18.1 Å². The van der Waals surface area contributed by atoms with Gasteiger partial charge >= 0.3 is 6.18 Å². The summed E-state index contributed by atoms with van der Waals surface area (Å²) in [6.07, 6.45) is -4.57. The van der Waals surface area contributed by atoms with E-state index in [-0.39, 0.29) is 22.8 Å². The summed E-state index contributed by atoms with van der Waals surface area (Å²) in [5.41, 5.74) is 4.05. The standard InChI is InChI=1S/C10H12F3N3O2S2/c1-2-15-20(17,18)16-8-4-3-6(10(11,12)13)5-7(8)9(14)19/h3-5,15-16H,2H2,1H3,(H2,14,19). The van der Waals surface area contributed by atoms with Crippen LogP contribution in [0.15, 0.2) is 18.2 Å². The highest BCUT2D eigenvalue weighted by Crippen LogP contribution is 2.32. The third-order valence-electron chi connectivity index (χ3n) is 2.19. The number of benzene rings is 1. The summed E-state index contributed by atoms with van der Waals surface area (Å²) < 4.78 is 65.0. The van der Waals surface area contributed by atoms with Gasteiger partial charge in [-0.1, -0.05) is 19.1 Å². The van der Waals surface area contributed by atoms with Gasteiger partial charge < -0.3 is 5.73 Å². The molecule has 1 aromatic rings. The maximum absolute atomic E-state index is 12.6. The smallest absolute Gasteiger partial charge is 0.389 e. The van der Waals surface area contributed by atoms with Crippen molar-refractivity contribution < 1.29 is 21.6 Å². The number of nitrogens with two attached hydrogens (primary N) is 1. The SMILES string of the molecule is CCNS(=O)(=O)Nc1ccc(C(F)(F)F)cc1C(N)=S. The zero-order valence-electron chi connectivity index (χ0n) is 10.3. The zero-order valence-corrected chi connectivity index (χ0v) is 11.9. The fourth-order valence-electron chi connectivity index (χ4n) is 1.38. The van der Waals surface area contributed by atoms with Gasteiger partial charge in [0.2, 0.25) is 0 Å². The Morgan fingerprint density at radius 3 is 2.45 bits per heavy atom. The quantitative estimate of drug-likeness (QED) is 0.717. The molecule has 0 saturated carbocycles. The summed E-state index contributed by atoms with van der Waals surface area (Å²) in [7, 11) is -3.89. The highest BCUT2D eigenvalue weighted by Gasteiger charge is 2.31. The Kier molecular flexibility index (Phi) is 4.95. The maximum atomic E-state index is 12.6. The number of alkyl halides is 3. The fourth-order valence-corrected chi connectivity index (χ4v) is 2.47. The Hall–Kier alpha value is -1.39. The second-order valence-electron chi connectivity index (χ2n) is 3.73. The molecular weight excluding hydrogens is 315 g/mol. The molecule has 5 nitrogen and oxygen atoms in total. The highest BCUT2D eigenvalue weighted by atomic mass is 32.2. The summed E-state index contributed by atoms with van der Waals surface area (Å²) in [5, 5.41) is 0. The van der Waals surface area contributed by atoms with Crippen molar-refractivity contribution in [1.82, 2.24) is 4.72 Å². The number of thiocarbonyl (C=S) groups is 1. The van der Waals surface area contributed by atoms with Crippen molar-refractivity contribution in [2.45, 2.75) is 13.1 Å². The minimum Gasteiger partial charge on any atom is -0.389 e. The summed E-state index contributed by atoms with van der Waals surface area (Å²) >= 11 is 4.64. The first-order valence-corrected chi connectivity index (χ1v) is 7.24. The average Bonchev–Trinajstić information content (AvgIpc) is 2.26. The summed E-state index contributed by atoms with van der Waals surface area (Å²) in [6, 6.07) is 2.41. The minimum atomic E-state index is -4.57. The van der Waals surface area contributed by atoms with Crippen molar-refractivity contribution in [2.24, 2.45) is 5.73 Å². The van der Waals surface area contributed by atoms with Gasteiger partial charge in [0.05, 0.1) is 11.3 Å². The van der Waals surface area contributed by atoms with E-state index in [1.165, 1.54) is 0 Å². The van der Waals surface area contributed by atoms with Gasteiger partial charge in [0, 0.05) is 12.1 Å². The summed E-state index contributed by atoms with van der Waals surface area (Å²) in [6.45, 7) is 1.68. The molecule has 0 amide bonds. The number of nitrogens with one attached hydrogen (secondary N) is 2. The topological polar surface area (TPSA) is 84.2 Å². The van der Waals surface area contributed by atoms with Crippen molar-refractivity contribution in [3.63, 3.8) is 0 Å². The van der Waals surface area contributed by atoms with E-state index in [0.717, 1.165) is 12.1 Å². The number of anilines is 1. The van der Waals surface area contributed by atoms with E-state index in [9.17, 15) is 21.6 Å². The van der Waals surface area contributed by atoms with E-state index in [1.54, 1.807) is 6.92 Å². The van der Waals surface area contributed by atoms with Crippen LogP contribution in [-0.2, 0) is 16.4 Å². The van der Waals surface area contributed by atoms with Gasteiger partial charge in [0.1, 0.15) is 4.99 Å². The van der Waals surface area contributed by atoms with Gasteiger partial charge in [0.25, 0.3) is 10.2 Å². The zero-order chi connectivity index (χ0) is 15.6. The normalized spacial score (nSPS) is 12.2. The number of hydrogen-bond acceptors (Lipinski definition) is 3. The molecule has 112 valence electrons. The molecule has 0 heterocycles. The van der Waals surface area contributed by atoms with Gasteiger partial charge in [-0.15, -0.1) is 0 Å². The molecule has 0 saturated heterocycles. The molecule has 0 aliphatic heterocycles. The number of rotatable bonds is 5. The predicted molar refractivity (Wildman–Crippen MR) is 73.6 cm³/mol. The van der Waals surface area contributed by atoms with Crippen LogP contribution in [0.4, 0.5) is 18.9 Å². The fraction of sp³-hybridized carbons (Fsp3) is 0.300. The molecule has 0 aliphatic rings. The van der Waals surface area contributed by atoms with Gasteiger partial charge in [-0.25, -0.2) is 0 Å². The molecule has 1 aromatic carbocycles.